The molecule has 1 saturated heterocycles. The van der Waals surface area contributed by atoms with Gasteiger partial charge in [0.2, 0.25) is 0 Å². The van der Waals surface area contributed by atoms with Crippen molar-refractivity contribution >= 4 is 51.6 Å². The molecule has 1 fully saturated rings. The Bertz CT molecular complexity index is 515. The molecular weight excluding hydrogens is 455 g/mol. The maximum absolute atomic E-state index is 5.84. The van der Waals surface area contributed by atoms with Crippen LogP contribution in [-0.4, -0.2) is 32.1 Å². The van der Waals surface area contributed by atoms with Crippen LogP contribution in [0.3, 0.4) is 0 Å². The first-order valence-electron chi connectivity index (χ1n) is 7.23. The maximum atomic E-state index is 5.84. The van der Waals surface area contributed by atoms with E-state index in [9.17, 15) is 0 Å². The van der Waals surface area contributed by atoms with Gasteiger partial charge in [0.25, 0.3) is 0 Å². The molecule has 122 valence electrons. The Kier molecular flexibility index (Phi) is 8.24. The summed E-state index contributed by atoms with van der Waals surface area (Å²) in [5, 5.41) is 3.21. The summed E-state index contributed by atoms with van der Waals surface area (Å²) in [5.74, 6) is 1.12. The molecule has 1 heterocycles. The standard InChI is InChI=1S/C16H23BrN4.HI/c1-12(2)9-19-16(18)20-10-13-7-8-21(11-13)15-5-3-14(17)4-6-15;/h3-6,13H,1,7-11H2,2H3,(H3,18,19,20);1H. The number of benzene rings is 1. The highest BCUT2D eigenvalue weighted by atomic mass is 127. The Morgan fingerprint density at radius 1 is 1.45 bits per heavy atom. The second-order valence-electron chi connectivity index (χ2n) is 5.62. The highest BCUT2D eigenvalue weighted by Crippen LogP contribution is 2.24. The summed E-state index contributed by atoms with van der Waals surface area (Å²) in [4.78, 5) is 6.65. The summed E-state index contributed by atoms with van der Waals surface area (Å²) in [6.07, 6.45) is 1.18. The third kappa shape index (κ3) is 6.16. The first-order chi connectivity index (χ1) is 10.0. The van der Waals surface area contributed by atoms with E-state index in [1.807, 2.05) is 6.92 Å². The Hall–Kier alpha value is -0.760. The minimum atomic E-state index is 0. The zero-order valence-corrected chi connectivity index (χ0v) is 16.8. The summed E-state index contributed by atoms with van der Waals surface area (Å²) in [6.45, 7) is 9.38. The molecule has 0 saturated carbocycles. The average molecular weight is 479 g/mol. The molecule has 2 rings (SSSR count). The van der Waals surface area contributed by atoms with Gasteiger partial charge in [0, 0.05) is 29.8 Å². The Morgan fingerprint density at radius 2 is 2.14 bits per heavy atom. The summed E-state index contributed by atoms with van der Waals surface area (Å²) >= 11 is 3.47. The van der Waals surface area contributed by atoms with Crippen molar-refractivity contribution < 1.29 is 0 Å². The minimum Gasteiger partial charge on any atom is -0.371 e. The number of guanidine groups is 1. The van der Waals surface area contributed by atoms with E-state index in [4.69, 9.17) is 5.73 Å². The molecule has 0 bridgehead atoms. The van der Waals surface area contributed by atoms with E-state index in [1.54, 1.807) is 0 Å². The third-order valence-electron chi connectivity index (χ3n) is 3.57. The summed E-state index contributed by atoms with van der Waals surface area (Å²) in [5.41, 5.74) is 8.14. The maximum Gasteiger partial charge on any atom is 0.188 e. The van der Waals surface area contributed by atoms with Gasteiger partial charge >= 0.3 is 0 Å². The minimum absolute atomic E-state index is 0. The van der Waals surface area contributed by atoms with Crippen LogP contribution in [-0.2, 0) is 0 Å². The van der Waals surface area contributed by atoms with E-state index in [0.717, 1.165) is 29.7 Å². The molecule has 0 amide bonds. The van der Waals surface area contributed by atoms with Gasteiger partial charge in [-0.1, -0.05) is 28.1 Å². The number of halogens is 2. The van der Waals surface area contributed by atoms with Crippen molar-refractivity contribution in [3.05, 3.63) is 40.9 Å². The van der Waals surface area contributed by atoms with Crippen LogP contribution in [0.2, 0.25) is 0 Å². The van der Waals surface area contributed by atoms with E-state index < -0.39 is 0 Å². The average Bonchev–Trinajstić information content (AvgIpc) is 2.92. The molecule has 1 aromatic rings. The fourth-order valence-corrected chi connectivity index (χ4v) is 2.67. The van der Waals surface area contributed by atoms with E-state index in [0.29, 0.717) is 18.4 Å². The third-order valence-corrected chi connectivity index (χ3v) is 4.10. The lowest BCUT2D eigenvalue weighted by atomic mass is 10.1. The number of rotatable bonds is 5. The van der Waals surface area contributed by atoms with Crippen molar-refractivity contribution in [1.29, 1.82) is 0 Å². The molecule has 3 N–H and O–H groups in total. The largest absolute Gasteiger partial charge is 0.371 e. The van der Waals surface area contributed by atoms with Gasteiger partial charge in [0.15, 0.2) is 5.96 Å². The lowest BCUT2D eigenvalue weighted by Gasteiger charge is -2.19. The predicted octanol–water partition coefficient (Wildman–Crippen LogP) is 3.37. The van der Waals surface area contributed by atoms with E-state index in [-0.39, 0.29) is 24.0 Å². The highest BCUT2D eigenvalue weighted by molar-refractivity contribution is 14.0. The number of nitrogens with zero attached hydrogens (tertiary/aromatic N) is 2. The Labute approximate surface area is 158 Å². The molecule has 6 heteroatoms. The van der Waals surface area contributed by atoms with Crippen LogP contribution in [0.15, 0.2) is 45.9 Å². The predicted molar refractivity (Wildman–Crippen MR) is 109 cm³/mol. The highest BCUT2D eigenvalue weighted by Gasteiger charge is 2.22. The van der Waals surface area contributed by atoms with Gasteiger partial charge in [-0.05, 0) is 43.5 Å². The fourth-order valence-electron chi connectivity index (χ4n) is 2.41. The first-order valence-corrected chi connectivity index (χ1v) is 8.02. The second-order valence-corrected chi connectivity index (χ2v) is 6.53. The molecule has 1 aromatic carbocycles. The Morgan fingerprint density at radius 3 is 2.77 bits per heavy atom. The summed E-state index contributed by atoms with van der Waals surface area (Å²) < 4.78 is 1.12. The van der Waals surface area contributed by atoms with Crippen molar-refractivity contribution in [2.24, 2.45) is 16.6 Å². The van der Waals surface area contributed by atoms with Crippen LogP contribution in [0.1, 0.15) is 13.3 Å². The number of anilines is 1. The van der Waals surface area contributed by atoms with Gasteiger partial charge in [-0.15, -0.1) is 24.0 Å². The molecule has 22 heavy (non-hydrogen) atoms. The van der Waals surface area contributed by atoms with E-state index in [1.165, 1.54) is 12.1 Å². The number of hydrogen-bond donors (Lipinski definition) is 2. The van der Waals surface area contributed by atoms with Gasteiger partial charge < -0.3 is 16.0 Å². The lowest BCUT2D eigenvalue weighted by molar-refractivity contribution is 0.570. The second kappa shape index (κ2) is 9.39. The molecule has 0 aromatic heterocycles. The van der Waals surface area contributed by atoms with Crippen LogP contribution >= 0.6 is 39.9 Å². The molecule has 0 aliphatic carbocycles. The Balaban J connectivity index is 0.00000242. The zero-order valence-electron chi connectivity index (χ0n) is 12.9. The molecule has 1 atom stereocenters. The SMILES string of the molecule is C=C(C)CN=C(N)NCC1CCN(c2ccc(Br)cc2)C1.I. The van der Waals surface area contributed by atoms with Gasteiger partial charge in [-0.3, -0.25) is 0 Å². The van der Waals surface area contributed by atoms with E-state index in [2.05, 4.69) is 62.0 Å². The van der Waals surface area contributed by atoms with Crippen LogP contribution in [0.4, 0.5) is 5.69 Å². The number of nitrogens with one attached hydrogen (secondary N) is 1. The number of nitrogens with two attached hydrogens (primary N) is 1. The van der Waals surface area contributed by atoms with Crippen LogP contribution in [0.25, 0.3) is 0 Å². The van der Waals surface area contributed by atoms with Crippen molar-refractivity contribution in [3.63, 3.8) is 0 Å². The molecule has 0 spiro atoms. The van der Waals surface area contributed by atoms with Crippen LogP contribution < -0.4 is 16.0 Å². The summed E-state index contributed by atoms with van der Waals surface area (Å²) in [6, 6.07) is 8.48. The van der Waals surface area contributed by atoms with Gasteiger partial charge in [0.1, 0.15) is 0 Å². The normalized spacial score (nSPS) is 18.0. The topological polar surface area (TPSA) is 53.6 Å². The van der Waals surface area contributed by atoms with Crippen LogP contribution in [0, 0.1) is 5.92 Å². The van der Waals surface area contributed by atoms with Crippen molar-refractivity contribution in [1.82, 2.24) is 5.32 Å². The molecule has 1 aliphatic heterocycles. The van der Waals surface area contributed by atoms with Gasteiger partial charge in [-0.25, -0.2) is 4.99 Å². The monoisotopic (exact) mass is 478 g/mol. The molecule has 1 unspecified atom stereocenters. The summed E-state index contributed by atoms with van der Waals surface area (Å²) in [7, 11) is 0. The zero-order chi connectivity index (χ0) is 15.2. The smallest absolute Gasteiger partial charge is 0.188 e. The van der Waals surface area contributed by atoms with Crippen LogP contribution in [0.5, 0.6) is 0 Å². The van der Waals surface area contributed by atoms with Crippen molar-refractivity contribution in [3.8, 4) is 0 Å². The van der Waals surface area contributed by atoms with E-state index >= 15 is 0 Å². The van der Waals surface area contributed by atoms with Gasteiger partial charge in [0.05, 0.1) is 6.54 Å². The van der Waals surface area contributed by atoms with Crippen molar-refractivity contribution in [2.75, 3.05) is 31.1 Å². The fraction of sp³-hybridized carbons (Fsp3) is 0.438. The van der Waals surface area contributed by atoms with Gasteiger partial charge in [-0.2, -0.15) is 0 Å². The quantitative estimate of drug-likeness (QED) is 0.295. The number of aliphatic imine (C=N–C) groups is 1. The molecule has 0 radical (unpaired) electrons. The number of hydrogen-bond acceptors (Lipinski definition) is 2. The molecule has 4 nitrogen and oxygen atoms in total. The first kappa shape index (κ1) is 19.3. The lowest BCUT2D eigenvalue weighted by Crippen LogP contribution is -2.36. The van der Waals surface area contributed by atoms with Crippen molar-refractivity contribution in [2.45, 2.75) is 13.3 Å². The molecule has 1 aliphatic rings. The molecular formula is C16H24BrIN4.